The maximum atomic E-state index is 12.6. The largest absolute Gasteiger partial charge is 0.493 e. The Hall–Kier alpha value is -4.41. The second-order valence-electron chi connectivity index (χ2n) is 7.55. The minimum Gasteiger partial charge on any atom is -0.493 e. The summed E-state index contributed by atoms with van der Waals surface area (Å²) in [5, 5.41) is 4.16. The van der Waals surface area contributed by atoms with Crippen molar-refractivity contribution in [1.29, 1.82) is 0 Å². The third kappa shape index (κ3) is 5.45. The first-order valence-electron chi connectivity index (χ1n) is 11.1. The standard InChI is InChI=1S/C25H27N3O8/c1-5-36-25(32)18(11-8-12-28-22(29)15-9-6-7-10-16(15)23(28)30)26-27-19-14-21(34-3)20(33-2)13-17(19)24(31)35-4/h6-7,9-10,13-14,27H,5,8,11-12H2,1-4H3/b26-18-. The first-order valence-corrected chi connectivity index (χ1v) is 11.1. The van der Waals surface area contributed by atoms with E-state index >= 15 is 0 Å². The lowest BCUT2D eigenvalue weighted by molar-refractivity contribution is -0.135. The van der Waals surface area contributed by atoms with Gasteiger partial charge in [0.15, 0.2) is 11.5 Å². The van der Waals surface area contributed by atoms with E-state index in [9.17, 15) is 19.2 Å². The lowest BCUT2D eigenvalue weighted by Crippen LogP contribution is -2.31. The number of amides is 2. The number of esters is 2. The highest BCUT2D eigenvalue weighted by Crippen LogP contribution is 2.34. The van der Waals surface area contributed by atoms with Crippen LogP contribution in [0.5, 0.6) is 11.5 Å². The number of nitrogens with zero attached hydrogens (tertiary/aromatic N) is 2. The van der Waals surface area contributed by atoms with Crippen LogP contribution < -0.4 is 14.9 Å². The van der Waals surface area contributed by atoms with Gasteiger partial charge in [0.1, 0.15) is 5.71 Å². The van der Waals surface area contributed by atoms with Gasteiger partial charge in [-0.3, -0.25) is 19.9 Å². The summed E-state index contributed by atoms with van der Waals surface area (Å²) in [6.07, 6.45) is 0.362. The zero-order chi connectivity index (χ0) is 26.2. The van der Waals surface area contributed by atoms with Crippen LogP contribution in [-0.2, 0) is 14.3 Å². The molecule has 0 aromatic heterocycles. The molecule has 1 aliphatic heterocycles. The van der Waals surface area contributed by atoms with Crippen molar-refractivity contribution in [2.45, 2.75) is 19.8 Å². The van der Waals surface area contributed by atoms with Crippen LogP contribution in [0.4, 0.5) is 5.69 Å². The van der Waals surface area contributed by atoms with Crippen molar-refractivity contribution >= 4 is 35.2 Å². The molecule has 3 rings (SSSR count). The number of ether oxygens (including phenoxy) is 4. The average Bonchev–Trinajstić information content (AvgIpc) is 3.14. The number of anilines is 1. The van der Waals surface area contributed by atoms with Crippen LogP contribution >= 0.6 is 0 Å². The molecule has 2 aromatic carbocycles. The van der Waals surface area contributed by atoms with Gasteiger partial charge in [-0.15, -0.1) is 0 Å². The maximum Gasteiger partial charge on any atom is 0.354 e. The molecule has 0 atom stereocenters. The summed E-state index contributed by atoms with van der Waals surface area (Å²) < 4.78 is 20.4. The fourth-order valence-corrected chi connectivity index (χ4v) is 3.64. The Labute approximate surface area is 208 Å². The molecule has 0 spiro atoms. The Morgan fingerprint density at radius 3 is 2.14 bits per heavy atom. The van der Waals surface area contributed by atoms with Gasteiger partial charge in [0.25, 0.3) is 11.8 Å². The number of hydrogen-bond acceptors (Lipinski definition) is 10. The van der Waals surface area contributed by atoms with Crippen molar-refractivity contribution in [3.63, 3.8) is 0 Å². The lowest BCUT2D eigenvalue weighted by atomic mass is 10.1. The maximum absolute atomic E-state index is 12.6. The molecule has 1 heterocycles. The van der Waals surface area contributed by atoms with E-state index in [-0.39, 0.29) is 54.8 Å². The summed E-state index contributed by atoms with van der Waals surface area (Å²) in [4.78, 5) is 51.1. The van der Waals surface area contributed by atoms with Crippen molar-refractivity contribution < 1.29 is 38.1 Å². The number of methoxy groups -OCH3 is 3. The SMILES string of the molecule is CCOC(=O)/C(CCCN1C(=O)c2ccccc2C1=O)=N\Nc1cc(OC)c(OC)cc1C(=O)OC. The number of fused-ring (bicyclic) bond motifs is 1. The monoisotopic (exact) mass is 497 g/mol. The Bertz CT molecular complexity index is 1170. The van der Waals surface area contributed by atoms with Gasteiger partial charge in [-0.25, -0.2) is 9.59 Å². The summed E-state index contributed by atoms with van der Waals surface area (Å²) in [5.74, 6) is -1.46. The summed E-state index contributed by atoms with van der Waals surface area (Å²) in [7, 11) is 4.10. The third-order valence-electron chi connectivity index (χ3n) is 5.42. The van der Waals surface area contributed by atoms with E-state index < -0.39 is 11.9 Å². The van der Waals surface area contributed by atoms with E-state index in [1.807, 2.05) is 0 Å². The van der Waals surface area contributed by atoms with Crippen LogP contribution in [0.3, 0.4) is 0 Å². The Morgan fingerprint density at radius 2 is 1.58 bits per heavy atom. The molecule has 11 heteroatoms. The van der Waals surface area contributed by atoms with Gasteiger partial charge in [0.2, 0.25) is 0 Å². The van der Waals surface area contributed by atoms with E-state index in [4.69, 9.17) is 18.9 Å². The van der Waals surface area contributed by atoms with Gasteiger partial charge >= 0.3 is 11.9 Å². The zero-order valence-corrected chi connectivity index (χ0v) is 20.5. The van der Waals surface area contributed by atoms with Crippen molar-refractivity contribution in [1.82, 2.24) is 4.90 Å². The lowest BCUT2D eigenvalue weighted by Gasteiger charge is -2.15. The smallest absolute Gasteiger partial charge is 0.354 e. The molecule has 0 aliphatic carbocycles. The predicted molar refractivity (Wildman–Crippen MR) is 130 cm³/mol. The molecule has 2 amide bonds. The van der Waals surface area contributed by atoms with Crippen LogP contribution in [0, 0.1) is 0 Å². The molecule has 2 aromatic rings. The van der Waals surface area contributed by atoms with Crippen LogP contribution in [0.2, 0.25) is 0 Å². The predicted octanol–water partition coefficient (Wildman–Crippen LogP) is 2.90. The van der Waals surface area contributed by atoms with E-state index in [2.05, 4.69) is 10.5 Å². The molecule has 190 valence electrons. The van der Waals surface area contributed by atoms with Crippen molar-refractivity contribution in [3.8, 4) is 11.5 Å². The third-order valence-corrected chi connectivity index (χ3v) is 5.42. The van der Waals surface area contributed by atoms with Crippen molar-refractivity contribution in [3.05, 3.63) is 53.1 Å². The quantitative estimate of drug-likeness (QED) is 0.215. The van der Waals surface area contributed by atoms with E-state index in [0.717, 1.165) is 4.90 Å². The Morgan fingerprint density at radius 1 is 0.972 bits per heavy atom. The molecule has 0 unspecified atom stereocenters. The minimum absolute atomic E-state index is 0.0130. The van der Waals surface area contributed by atoms with E-state index in [1.165, 1.54) is 33.5 Å². The Balaban J connectivity index is 1.79. The molecule has 0 radical (unpaired) electrons. The van der Waals surface area contributed by atoms with Gasteiger partial charge in [0, 0.05) is 25.1 Å². The van der Waals surface area contributed by atoms with Crippen molar-refractivity contribution in [2.75, 3.05) is 39.9 Å². The first-order chi connectivity index (χ1) is 17.4. The van der Waals surface area contributed by atoms with Gasteiger partial charge in [-0.05, 0) is 25.5 Å². The summed E-state index contributed by atoms with van der Waals surface area (Å²) in [6, 6.07) is 9.51. The van der Waals surface area contributed by atoms with Crippen LogP contribution in [-0.4, -0.2) is 68.8 Å². The highest BCUT2D eigenvalue weighted by Gasteiger charge is 2.34. The van der Waals surface area contributed by atoms with Crippen LogP contribution in [0.15, 0.2) is 41.5 Å². The fraction of sp³-hybridized carbons (Fsp3) is 0.320. The highest BCUT2D eigenvalue weighted by molar-refractivity contribution is 6.36. The van der Waals surface area contributed by atoms with Crippen LogP contribution in [0.25, 0.3) is 0 Å². The highest BCUT2D eigenvalue weighted by atomic mass is 16.5. The number of imide groups is 1. The molecule has 0 fully saturated rings. The van der Waals surface area contributed by atoms with E-state index in [1.54, 1.807) is 31.2 Å². The molecule has 1 aliphatic rings. The van der Waals surface area contributed by atoms with Crippen LogP contribution in [0.1, 0.15) is 50.8 Å². The topological polar surface area (TPSA) is 133 Å². The average molecular weight is 498 g/mol. The molecule has 0 saturated carbocycles. The zero-order valence-electron chi connectivity index (χ0n) is 20.5. The van der Waals surface area contributed by atoms with Crippen molar-refractivity contribution in [2.24, 2.45) is 5.10 Å². The number of hydrogen-bond donors (Lipinski definition) is 1. The molecule has 0 bridgehead atoms. The molecular formula is C25H27N3O8. The minimum atomic E-state index is -0.674. The first kappa shape index (κ1) is 26.2. The Kier molecular flexibility index (Phi) is 8.61. The van der Waals surface area contributed by atoms with Gasteiger partial charge < -0.3 is 18.9 Å². The molecule has 1 N–H and O–H groups in total. The molecule has 36 heavy (non-hydrogen) atoms. The number of benzene rings is 2. The van der Waals surface area contributed by atoms with Gasteiger partial charge in [-0.1, -0.05) is 12.1 Å². The second-order valence-corrected chi connectivity index (χ2v) is 7.55. The van der Waals surface area contributed by atoms with Gasteiger partial charge in [-0.2, -0.15) is 5.10 Å². The normalized spacial score (nSPS) is 12.8. The summed E-state index contributed by atoms with van der Waals surface area (Å²) in [6.45, 7) is 1.88. The summed E-state index contributed by atoms with van der Waals surface area (Å²) in [5.41, 5.74) is 3.74. The fourth-order valence-electron chi connectivity index (χ4n) is 3.64. The number of rotatable bonds is 11. The molecule has 11 nitrogen and oxygen atoms in total. The molecular weight excluding hydrogens is 470 g/mol. The molecule has 0 saturated heterocycles. The van der Waals surface area contributed by atoms with Gasteiger partial charge in [0.05, 0.1) is 50.3 Å². The number of nitrogens with one attached hydrogen (secondary N) is 1. The second kappa shape index (κ2) is 11.8. The summed E-state index contributed by atoms with van der Waals surface area (Å²) >= 11 is 0. The number of carbonyl (C=O) groups excluding carboxylic acids is 4. The number of carbonyl (C=O) groups is 4. The van der Waals surface area contributed by atoms with E-state index in [0.29, 0.717) is 22.6 Å². The number of hydrazone groups is 1.